The number of carbonyl (C=O) groups is 3. The summed E-state index contributed by atoms with van der Waals surface area (Å²) in [5.74, 6) is -2.30. The van der Waals surface area contributed by atoms with E-state index in [1.54, 1.807) is 42.5 Å². The number of carbonyl (C=O) groups excluding carboxylic acids is 3. The third-order valence-electron chi connectivity index (χ3n) is 4.26. The second-order valence-electron chi connectivity index (χ2n) is 6.70. The second kappa shape index (κ2) is 11.1. The number of benzene rings is 3. The van der Waals surface area contributed by atoms with Crippen LogP contribution in [0.5, 0.6) is 5.75 Å². The molecule has 10 heteroatoms. The molecule has 7 nitrogen and oxygen atoms in total. The van der Waals surface area contributed by atoms with Gasteiger partial charge in [0.15, 0.2) is 0 Å². The summed E-state index contributed by atoms with van der Waals surface area (Å²) in [7, 11) is 0. The molecule has 0 spiro atoms. The number of anilines is 1. The molecule has 33 heavy (non-hydrogen) atoms. The molecule has 0 aliphatic carbocycles. The number of esters is 1. The maximum absolute atomic E-state index is 12.4. The topological polar surface area (TPSA) is 96.9 Å². The largest absolute Gasteiger partial charge is 0.422 e. The van der Waals surface area contributed by atoms with Gasteiger partial charge in [-0.3, -0.25) is 9.59 Å². The van der Waals surface area contributed by atoms with Gasteiger partial charge in [-0.2, -0.15) is 5.10 Å². The second-order valence-corrected chi connectivity index (χ2v) is 8.46. The average Bonchev–Trinajstić information content (AvgIpc) is 2.78. The molecule has 0 saturated heterocycles. The molecular weight excluding hydrogens is 533 g/mol. The van der Waals surface area contributed by atoms with E-state index in [4.69, 9.17) is 27.9 Å². The Hall–Kier alpha value is -3.20. The summed E-state index contributed by atoms with van der Waals surface area (Å²) in [6.45, 7) is 1.82. The number of hydrogen-bond acceptors (Lipinski definition) is 5. The molecule has 3 aromatic carbocycles. The van der Waals surface area contributed by atoms with Gasteiger partial charge in [0.05, 0.1) is 11.8 Å². The number of amides is 2. The summed E-state index contributed by atoms with van der Waals surface area (Å²) in [6, 6.07) is 16.0. The summed E-state index contributed by atoms with van der Waals surface area (Å²) in [5, 5.41) is 7.17. The van der Waals surface area contributed by atoms with E-state index >= 15 is 0 Å². The van der Waals surface area contributed by atoms with Crippen LogP contribution < -0.4 is 15.5 Å². The van der Waals surface area contributed by atoms with Crippen molar-refractivity contribution in [1.29, 1.82) is 0 Å². The van der Waals surface area contributed by atoms with Gasteiger partial charge in [0.25, 0.3) is 0 Å². The molecule has 168 valence electrons. The van der Waals surface area contributed by atoms with E-state index in [0.29, 0.717) is 31.3 Å². The lowest BCUT2D eigenvalue weighted by molar-refractivity contribution is -0.136. The predicted octanol–water partition coefficient (Wildman–Crippen LogP) is 5.37. The maximum Gasteiger partial charge on any atom is 0.343 e. The van der Waals surface area contributed by atoms with Crippen molar-refractivity contribution in [1.82, 2.24) is 5.43 Å². The minimum atomic E-state index is -0.988. The van der Waals surface area contributed by atoms with E-state index in [0.717, 1.165) is 5.56 Å². The first-order valence-electron chi connectivity index (χ1n) is 9.41. The van der Waals surface area contributed by atoms with E-state index in [1.165, 1.54) is 24.4 Å². The molecule has 0 aliphatic heterocycles. The van der Waals surface area contributed by atoms with E-state index in [2.05, 4.69) is 31.8 Å². The summed E-state index contributed by atoms with van der Waals surface area (Å²) >= 11 is 15.2. The molecule has 2 N–H and O–H groups in total. The lowest BCUT2D eigenvalue weighted by atomic mass is 10.2. The van der Waals surface area contributed by atoms with Crippen LogP contribution in [0.4, 0.5) is 5.69 Å². The van der Waals surface area contributed by atoms with E-state index < -0.39 is 17.8 Å². The lowest BCUT2D eigenvalue weighted by Gasteiger charge is -2.08. The van der Waals surface area contributed by atoms with Gasteiger partial charge in [-0.1, -0.05) is 45.2 Å². The van der Waals surface area contributed by atoms with Crippen molar-refractivity contribution < 1.29 is 19.1 Å². The zero-order valence-corrected chi connectivity index (χ0v) is 20.2. The summed E-state index contributed by atoms with van der Waals surface area (Å²) in [4.78, 5) is 36.5. The highest BCUT2D eigenvalue weighted by Crippen LogP contribution is 2.23. The Morgan fingerprint density at radius 1 is 0.970 bits per heavy atom. The Morgan fingerprint density at radius 3 is 2.39 bits per heavy atom. The summed E-state index contributed by atoms with van der Waals surface area (Å²) in [5.41, 5.74) is 4.04. The Bertz CT molecular complexity index is 1250. The number of aryl methyl sites for hydroxylation is 1. The molecule has 0 saturated carbocycles. The first-order valence-corrected chi connectivity index (χ1v) is 11.0. The van der Waals surface area contributed by atoms with Gasteiger partial charge in [-0.05, 0) is 67.1 Å². The fourth-order valence-electron chi connectivity index (χ4n) is 2.53. The molecular formula is C23H16BrCl2N3O4. The van der Waals surface area contributed by atoms with Gasteiger partial charge in [-0.25, -0.2) is 10.2 Å². The lowest BCUT2D eigenvalue weighted by Crippen LogP contribution is -2.32. The van der Waals surface area contributed by atoms with Gasteiger partial charge in [0.2, 0.25) is 0 Å². The number of ether oxygens (including phenoxy) is 1. The van der Waals surface area contributed by atoms with Crippen molar-refractivity contribution in [3.8, 4) is 5.75 Å². The van der Waals surface area contributed by atoms with Crippen molar-refractivity contribution in [2.24, 2.45) is 5.10 Å². The van der Waals surface area contributed by atoms with Crippen LogP contribution in [0.2, 0.25) is 10.0 Å². The normalized spacial score (nSPS) is 10.7. The number of hydrazone groups is 1. The number of nitrogens with zero attached hydrogens (tertiary/aromatic N) is 1. The molecule has 0 heterocycles. The summed E-state index contributed by atoms with van der Waals surface area (Å²) in [6.07, 6.45) is 1.25. The van der Waals surface area contributed by atoms with Crippen molar-refractivity contribution in [3.63, 3.8) is 0 Å². The standard InChI is InChI=1S/C23H16BrCl2N3O4/c1-13-2-8-18(11-19(13)26)28-21(30)22(31)29-27-12-15-10-16(24)5-9-20(15)33-23(32)14-3-6-17(25)7-4-14/h2-12H,1H3,(H,28,30)(H,29,31). The van der Waals surface area contributed by atoms with Crippen LogP contribution in [0.25, 0.3) is 0 Å². The van der Waals surface area contributed by atoms with Gasteiger partial charge in [0, 0.05) is 25.8 Å². The Labute approximate surface area is 207 Å². The minimum Gasteiger partial charge on any atom is -0.422 e. The average molecular weight is 549 g/mol. The molecule has 0 unspecified atom stereocenters. The van der Waals surface area contributed by atoms with Crippen molar-refractivity contribution >= 4 is 68.8 Å². The molecule has 0 radical (unpaired) electrons. The van der Waals surface area contributed by atoms with E-state index in [9.17, 15) is 14.4 Å². The zero-order valence-electron chi connectivity index (χ0n) is 17.1. The summed E-state index contributed by atoms with van der Waals surface area (Å²) < 4.78 is 6.12. The Kier molecular flexibility index (Phi) is 8.21. The highest BCUT2D eigenvalue weighted by molar-refractivity contribution is 9.10. The molecule has 3 rings (SSSR count). The third-order valence-corrected chi connectivity index (χ3v) is 5.41. The Morgan fingerprint density at radius 2 is 1.70 bits per heavy atom. The molecule has 0 fully saturated rings. The minimum absolute atomic E-state index is 0.204. The molecule has 2 amide bonds. The molecule has 0 bridgehead atoms. The van der Waals surface area contributed by atoms with Crippen LogP contribution in [0.15, 0.2) is 70.2 Å². The van der Waals surface area contributed by atoms with Gasteiger partial charge in [0.1, 0.15) is 5.75 Å². The number of nitrogens with one attached hydrogen (secondary N) is 2. The van der Waals surface area contributed by atoms with Crippen LogP contribution in [0, 0.1) is 6.92 Å². The first kappa shape index (κ1) is 24.4. The van der Waals surface area contributed by atoms with Crippen LogP contribution in [0.1, 0.15) is 21.5 Å². The van der Waals surface area contributed by atoms with Crippen LogP contribution >= 0.6 is 39.1 Å². The number of hydrogen-bond donors (Lipinski definition) is 2. The van der Waals surface area contributed by atoms with E-state index in [-0.39, 0.29) is 5.75 Å². The predicted molar refractivity (Wildman–Crippen MR) is 131 cm³/mol. The Balaban J connectivity index is 1.66. The molecule has 0 aliphatic rings. The SMILES string of the molecule is Cc1ccc(NC(=O)C(=O)NN=Cc2cc(Br)ccc2OC(=O)c2ccc(Cl)cc2)cc1Cl. The fraction of sp³-hybridized carbons (Fsp3) is 0.0435. The molecule has 0 aromatic heterocycles. The fourth-order valence-corrected chi connectivity index (χ4v) is 3.21. The zero-order chi connectivity index (χ0) is 24.0. The third kappa shape index (κ3) is 6.89. The van der Waals surface area contributed by atoms with Gasteiger partial charge in [-0.15, -0.1) is 0 Å². The van der Waals surface area contributed by atoms with Gasteiger partial charge < -0.3 is 10.1 Å². The highest BCUT2D eigenvalue weighted by Gasteiger charge is 2.14. The maximum atomic E-state index is 12.4. The van der Waals surface area contributed by atoms with Crippen molar-refractivity contribution in [2.45, 2.75) is 6.92 Å². The van der Waals surface area contributed by atoms with Gasteiger partial charge >= 0.3 is 17.8 Å². The smallest absolute Gasteiger partial charge is 0.343 e. The quantitative estimate of drug-likeness (QED) is 0.147. The number of rotatable bonds is 5. The van der Waals surface area contributed by atoms with Crippen LogP contribution in [-0.2, 0) is 9.59 Å². The van der Waals surface area contributed by atoms with Crippen LogP contribution in [0.3, 0.4) is 0 Å². The first-order chi connectivity index (χ1) is 15.7. The highest BCUT2D eigenvalue weighted by atomic mass is 79.9. The molecule has 3 aromatic rings. The monoisotopic (exact) mass is 547 g/mol. The van der Waals surface area contributed by atoms with E-state index in [1.807, 2.05) is 6.92 Å². The van der Waals surface area contributed by atoms with Crippen LogP contribution in [-0.4, -0.2) is 24.0 Å². The number of halogens is 3. The van der Waals surface area contributed by atoms with Crippen molar-refractivity contribution in [3.05, 3.63) is 91.9 Å². The molecule has 0 atom stereocenters. The van der Waals surface area contributed by atoms with Crippen molar-refractivity contribution in [2.75, 3.05) is 5.32 Å².